The molecule has 0 aromatic heterocycles. The van der Waals surface area contributed by atoms with Crippen molar-refractivity contribution in [1.29, 1.82) is 0 Å². The summed E-state index contributed by atoms with van der Waals surface area (Å²) < 4.78 is 0. The van der Waals surface area contributed by atoms with Gasteiger partial charge in [0.1, 0.15) is 0 Å². The van der Waals surface area contributed by atoms with Gasteiger partial charge in [-0.15, -0.1) is 0 Å². The molecule has 1 N–H and O–H groups in total. The summed E-state index contributed by atoms with van der Waals surface area (Å²) in [6.45, 7) is 12.5. The van der Waals surface area contributed by atoms with Gasteiger partial charge in [0, 0.05) is 24.8 Å². The van der Waals surface area contributed by atoms with E-state index in [1.54, 1.807) is 0 Å². The summed E-state index contributed by atoms with van der Waals surface area (Å²) in [7, 11) is 0. The quantitative estimate of drug-likeness (QED) is 0.894. The van der Waals surface area contributed by atoms with E-state index in [2.05, 4.69) is 56.1 Å². The lowest BCUT2D eigenvalue weighted by Crippen LogP contribution is -2.38. The van der Waals surface area contributed by atoms with Gasteiger partial charge in [0.05, 0.1) is 0 Å². The van der Waals surface area contributed by atoms with Crippen molar-refractivity contribution in [2.24, 2.45) is 5.92 Å². The second-order valence-corrected chi connectivity index (χ2v) is 6.43. The zero-order chi connectivity index (χ0) is 13.8. The number of aryl methyl sites for hydroxylation is 2. The van der Waals surface area contributed by atoms with E-state index in [-0.39, 0.29) is 0 Å². The summed E-state index contributed by atoms with van der Waals surface area (Å²) in [5, 5.41) is 3.70. The molecule has 0 saturated carbocycles. The molecule has 1 aromatic rings. The fourth-order valence-electron chi connectivity index (χ4n) is 3.09. The highest BCUT2D eigenvalue weighted by atomic mass is 15.2. The highest BCUT2D eigenvalue weighted by Gasteiger charge is 2.19. The fourth-order valence-corrected chi connectivity index (χ4v) is 3.09. The van der Waals surface area contributed by atoms with E-state index >= 15 is 0 Å². The van der Waals surface area contributed by atoms with Crippen LogP contribution in [0.1, 0.15) is 37.8 Å². The molecule has 1 atom stereocenters. The van der Waals surface area contributed by atoms with Gasteiger partial charge in [-0.2, -0.15) is 0 Å². The zero-order valence-corrected chi connectivity index (χ0v) is 12.9. The largest absolute Gasteiger partial charge is 0.370 e. The molecule has 1 aromatic carbocycles. The third kappa shape index (κ3) is 4.24. The third-order valence-corrected chi connectivity index (χ3v) is 3.81. The molecule has 0 bridgehead atoms. The van der Waals surface area contributed by atoms with E-state index < -0.39 is 0 Å². The third-order valence-electron chi connectivity index (χ3n) is 3.81. The minimum absolute atomic E-state index is 0.628. The number of anilines is 1. The first kappa shape index (κ1) is 14.4. The molecule has 0 radical (unpaired) electrons. The lowest BCUT2D eigenvalue weighted by molar-refractivity contribution is 0.436. The summed E-state index contributed by atoms with van der Waals surface area (Å²) >= 11 is 0. The van der Waals surface area contributed by atoms with Crippen LogP contribution in [0.15, 0.2) is 18.2 Å². The molecule has 1 aliphatic heterocycles. The summed E-state index contributed by atoms with van der Waals surface area (Å²) in [5.74, 6) is 0.761. The van der Waals surface area contributed by atoms with Gasteiger partial charge in [-0.3, -0.25) is 0 Å². The number of rotatable bonds is 3. The van der Waals surface area contributed by atoms with E-state index in [0.29, 0.717) is 6.04 Å². The molecule has 2 rings (SSSR count). The predicted octanol–water partition coefficient (Wildman–Crippen LogP) is 3.52. The second-order valence-electron chi connectivity index (χ2n) is 6.43. The first-order valence-corrected chi connectivity index (χ1v) is 7.61. The molecule has 2 nitrogen and oxygen atoms in total. The van der Waals surface area contributed by atoms with Crippen LogP contribution in [0.3, 0.4) is 0 Å². The average molecular weight is 260 g/mol. The molecule has 1 unspecified atom stereocenters. The first-order valence-electron chi connectivity index (χ1n) is 7.61. The van der Waals surface area contributed by atoms with Crippen LogP contribution in [0.4, 0.5) is 5.69 Å². The monoisotopic (exact) mass is 260 g/mol. The van der Waals surface area contributed by atoms with Crippen LogP contribution in [-0.2, 0) is 0 Å². The highest BCUT2D eigenvalue weighted by molar-refractivity contribution is 5.51. The Hall–Kier alpha value is -1.02. The Kier molecular flexibility index (Phi) is 4.87. The lowest BCUT2D eigenvalue weighted by atomic mass is 10.0. The molecule has 0 spiro atoms. The highest BCUT2D eigenvalue weighted by Crippen LogP contribution is 2.21. The molecule has 0 aliphatic carbocycles. The number of hydrogen-bond acceptors (Lipinski definition) is 2. The molecule has 1 heterocycles. The van der Waals surface area contributed by atoms with Crippen molar-refractivity contribution in [3.8, 4) is 0 Å². The van der Waals surface area contributed by atoms with Crippen molar-refractivity contribution in [2.45, 2.75) is 46.6 Å². The summed E-state index contributed by atoms with van der Waals surface area (Å²) in [6.07, 6.45) is 2.50. The van der Waals surface area contributed by atoms with Crippen LogP contribution in [-0.4, -0.2) is 25.7 Å². The van der Waals surface area contributed by atoms with Crippen LogP contribution in [0.25, 0.3) is 0 Å². The lowest BCUT2D eigenvalue weighted by Gasteiger charge is -2.28. The van der Waals surface area contributed by atoms with E-state index in [9.17, 15) is 0 Å². The van der Waals surface area contributed by atoms with Crippen molar-refractivity contribution in [2.75, 3.05) is 24.5 Å². The first-order chi connectivity index (χ1) is 9.04. The number of nitrogens with one attached hydrogen (secondary N) is 1. The van der Waals surface area contributed by atoms with Crippen molar-refractivity contribution >= 4 is 5.69 Å². The van der Waals surface area contributed by atoms with Gasteiger partial charge < -0.3 is 10.2 Å². The Morgan fingerprint density at radius 1 is 1.21 bits per heavy atom. The topological polar surface area (TPSA) is 15.3 Å². The fraction of sp³-hybridized carbons (Fsp3) is 0.647. The second kappa shape index (κ2) is 6.42. The Balaban J connectivity index is 2.12. The average Bonchev–Trinajstić information content (AvgIpc) is 2.52. The normalized spacial score (nSPS) is 20.7. The smallest absolute Gasteiger partial charge is 0.0372 e. The summed E-state index contributed by atoms with van der Waals surface area (Å²) in [4.78, 5) is 2.56. The van der Waals surface area contributed by atoms with Crippen molar-refractivity contribution in [1.82, 2.24) is 5.32 Å². The predicted molar refractivity (Wildman–Crippen MR) is 84.0 cm³/mol. The molecular formula is C17H28N2. The Bertz CT molecular complexity index is 391. The van der Waals surface area contributed by atoms with Gasteiger partial charge in [0.25, 0.3) is 0 Å². The van der Waals surface area contributed by atoms with Crippen LogP contribution in [0, 0.1) is 19.8 Å². The maximum atomic E-state index is 3.70. The van der Waals surface area contributed by atoms with Crippen LogP contribution < -0.4 is 10.2 Å². The molecule has 1 saturated heterocycles. The van der Waals surface area contributed by atoms with Crippen LogP contribution in [0.5, 0.6) is 0 Å². The number of hydrogen-bond donors (Lipinski definition) is 1. The van der Waals surface area contributed by atoms with Gasteiger partial charge >= 0.3 is 0 Å². The standard InChI is InChI=1S/C17H28N2/c1-13(2)8-16-12-19(7-5-6-18-16)17-10-14(3)9-15(4)11-17/h9-11,13,16,18H,5-8,12H2,1-4H3. The Morgan fingerprint density at radius 2 is 1.89 bits per heavy atom. The molecule has 2 heteroatoms. The van der Waals surface area contributed by atoms with Gasteiger partial charge in [-0.25, -0.2) is 0 Å². The number of nitrogens with zero attached hydrogens (tertiary/aromatic N) is 1. The van der Waals surface area contributed by atoms with Gasteiger partial charge in [-0.1, -0.05) is 19.9 Å². The maximum absolute atomic E-state index is 3.70. The molecule has 1 aliphatic rings. The van der Waals surface area contributed by atoms with Crippen molar-refractivity contribution in [3.63, 3.8) is 0 Å². The zero-order valence-electron chi connectivity index (χ0n) is 12.9. The van der Waals surface area contributed by atoms with Gasteiger partial charge in [0.15, 0.2) is 0 Å². The van der Waals surface area contributed by atoms with Crippen molar-refractivity contribution in [3.05, 3.63) is 29.3 Å². The molecule has 106 valence electrons. The Labute approximate surface area is 118 Å². The van der Waals surface area contributed by atoms with E-state index in [1.807, 2.05) is 0 Å². The molecule has 0 amide bonds. The van der Waals surface area contributed by atoms with Crippen LogP contribution in [0.2, 0.25) is 0 Å². The minimum atomic E-state index is 0.628. The molecular weight excluding hydrogens is 232 g/mol. The van der Waals surface area contributed by atoms with Crippen molar-refractivity contribution < 1.29 is 0 Å². The summed E-state index contributed by atoms with van der Waals surface area (Å²) in [6, 6.07) is 7.53. The van der Waals surface area contributed by atoms with Gasteiger partial charge in [-0.05, 0) is 62.4 Å². The molecule has 19 heavy (non-hydrogen) atoms. The van der Waals surface area contributed by atoms with E-state index in [0.717, 1.165) is 19.0 Å². The molecule has 1 fully saturated rings. The summed E-state index contributed by atoms with van der Waals surface area (Å²) in [5.41, 5.74) is 4.13. The minimum Gasteiger partial charge on any atom is -0.370 e. The van der Waals surface area contributed by atoms with E-state index in [4.69, 9.17) is 0 Å². The SMILES string of the molecule is Cc1cc(C)cc(N2CCCNC(CC(C)C)C2)c1. The maximum Gasteiger partial charge on any atom is 0.0372 e. The van der Waals surface area contributed by atoms with Crippen LogP contribution >= 0.6 is 0 Å². The van der Waals surface area contributed by atoms with E-state index in [1.165, 1.54) is 36.2 Å². The van der Waals surface area contributed by atoms with Gasteiger partial charge in [0.2, 0.25) is 0 Å². The number of benzene rings is 1. The Morgan fingerprint density at radius 3 is 2.53 bits per heavy atom.